The Balaban J connectivity index is 2.60. The fourth-order valence-electron chi connectivity index (χ4n) is 1.91. The lowest BCUT2D eigenvalue weighted by molar-refractivity contribution is -0.438. The van der Waals surface area contributed by atoms with E-state index in [4.69, 9.17) is 0 Å². The van der Waals surface area contributed by atoms with E-state index in [0.717, 1.165) is 12.1 Å². The molecule has 15 heteroatoms. The van der Waals surface area contributed by atoms with Gasteiger partial charge in [0.25, 0.3) is 28.4 Å². The first-order chi connectivity index (χ1) is 12.6. The summed E-state index contributed by atoms with van der Waals surface area (Å²) in [4.78, 5) is 39.2. The summed E-state index contributed by atoms with van der Waals surface area (Å²) in [6.07, 6.45) is 0. The van der Waals surface area contributed by atoms with E-state index < -0.39 is 53.8 Å². The maximum atomic E-state index is 12.1. The van der Waals surface area contributed by atoms with E-state index in [1.54, 1.807) is 0 Å². The van der Waals surface area contributed by atoms with E-state index in [2.05, 4.69) is 5.11 Å². The Bertz CT molecular complexity index is 954. The zero-order valence-electron chi connectivity index (χ0n) is 12.8. The fraction of sp³-hybridized carbons (Fsp3) is 0. The normalized spacial score (nSPS) is 11.0. The molecule has 0 bridgehead atoms. The minimum Gasteiger partial charge on any atom is -0.594 e. The largest absolute Gasteiger partial charge is 0.594 e. The van der Waals surface area contributed by atoms with Crippen LogP contribution in [0.4, 0.5) is 34.1 Å². The average Bonchev–Trinajstić information content (AvgIpc) is 2.60. The Morgan fingerprint density at radius 2 is 0.815 bits per heavy atom. The Morgan fingerprint density at radius 1 is 0.519 bits per heavy atom. The molecule has 0 amide bonds. The fourth-order valence-corrected chi connectivity index (χ4v) is 1.91. The van der Waals surface area contributed by atoms with Crippen molar-refractivity contribution in [2.75, 3.05) is 0 Å². The van der Waals surface area contributed by atoms with Gasteiger partial charge in [-0.25, -0.2) is 0 Å². The van der Waals surface area contributed by atoms with Crippen LogP contribution in [0.15, 0.2) is 41.5 Å². The van der Waals surface area contributed by atoms with E-state index in [1.807, 2.05) is 0 Å². The number of nitro groups is 4. The number of nitro benzene ring substituents is 4. The van der Waals surface area contributed by atoms with Crippen molar-refractivity contribution in [2.24, 2.45) is 5.11 Å². The molecule has 15 nitrogen and oxygen atoms in total. The summed E-state index contributed by atoms with van der Waals surface area (Å²) in [7, 11) is 0. The van der Waals surface area contributed by atoms with Crippen molar-refractivity contribution < 1.29 is 24.6 Å². The molecule has 0 saturated heterocycles. The van der Waals surface area contributed by atoms with Crippen LogP contribution >= 0.6 is 0 Å². The highest BCUT2D eigenvalue weighted by Gasteiger charge is 2.22. The average molecular weight is 378 g/mol. The smallest absolute Gasteiger partial charge is 0.283 e. The van der Waals surface area contributed by atoms with Crippen molar-refractivity contribution >= 4 is 34.1 Å². The van der Waals surface area contributed by atoms with E-state index >= 15 is 0 Å². The molecule has 0 aliphatic carbocycles. The molecule has 0 N–H and O–H groups in total. The Hall–Kier alpha value is -4.56. The molecule has 0 aromatic heterocycles. The summed E-state index contributed by atoms with van der Waals surface area (Å²) in [6.45, 7) is 0. The van der Waals surface area contributed by atoms with Crippen molar-refractivity contribution in [3.05, 3.63) is 82.1 Å². The second-order valence-corrected chi connectivity index (χ2v) is 4.82. The first kappa shape index (κ1) is 18.8. The van der Waals surface area contributed by atoms with Crippen molar-refractivity contribution in [1.82, 2.24) is 0 Å². The van der Waals surface area contributed by atoms with E-state index in [-0.39, 0.29) is 4.86 Å². The predicted molar refractivity (Wildman–Crippen MR) is 84.9 cm³/mol. The van der Waals surface area contributed by atoms with Gasteiger partial charge in [0.1, 0.15) is 5.69 Å². The number of nitrogens with zero attached hydrogens (tertiary/aromatic N) is 6. The number of hydrogen-bond acceptors (Lipinski definition) is 10. The Morgan fingerprint density at radius 3 is 1.15 bits per heavy atom. The van der Waals surface area contributed by atoms with Crippen LogP contribution in [0.1, 0.15) is 0 Å². The molecule has 2 rings (SSSR count). The maximum absolute atomic E-state index is 12.1. The maximum Gasteiger partial charge on any atom is 0.283 e. The summed E-state index contributed by atoms with van der Waals surface area (Å²) in [6, 6.07) is 4.15. The van der Waals surface area contributed by atoms with Crippen molar-refractivity contribution in [1.29, 1.82) is 0 Å². The zero-order chi connectivity index (χ0) is 20.3. The first-order valence-corrected chi connectivity index (χ1v) is 6.65. The highest BCUT2D eigenvalue weighted by Crippen LogP contribution is 2.31. The van der Waals surface area contributed by atoms with Crippen molar-refractivity contribution in [3.8, 4) is 0 Å². The summed E-state index contributed by atoms with van der Waals surface area (Å²) in [5.41, 5.74) is -4.09. The van der Waals surface area contributed by atoms with Gasteiger partial charge in [-0.2, -0.15) is 0 Å². The predicted octanol–water partition coefficient (Wildman–Crippen LogP) is 3.25. The molecular weight excluding hydrogens is 372 g/mol. The lowest BCUT2D eigenvalue weighted by Gasteiger charge is -2.01. The molecule has 2 aromatic carbocycles. The Kier molecular flexibility index (Phi) is 4.96. The third kappa shape index (κ3) is 4.29. The molecule has 2 aromatic rings. The summed E-state index contributed by atoms with van der Waals surface area (Å²) < 4.78 is 0. The van der Waals surface area contributed by atoms with Gasteiger partial charge in [0, 0.05) is 17.2 Å². The van der Waals surface area contributed by atoms with Gasteiger partial charge in [-0.1, -0.05) is 0 Å². The van der Waals surface area contributed by atoms with Crippen LogP contribution in [-0.4, -0.2) is 24.6 Å². The molecular formula is C12H6N6O9. The second kappa shape index (κ2) is 7.13. The van der Waals surface area contributed by atoms with Gasteiger partial charge in [-0.3, -0.25) is 40.5 Å². The molecule has 0 saturated carbocycles. The summed E-state index contributed by atoms with van der Waals surface area (Å²) in [5.74, 6) is 0. The topological polar surface area (TPSA) is 211 Å². The molecule has 0 spiro atoms. The number of hydrogen-bond donors (Lipinski definition) is 0. The van der Waals surface area contributed by atoms with Gasteiger partial charge < -0.3 is 5.21 Å². The Labute approximate surface area is 147 Å². The molecule has 0 radical (unpaired) electrons. The van der Waals surface area contributed by atoms with Crippen LogP contribution in [0.25, 0.3) is 0 Å². The lowest BCUT2D eigenvalue weighted by Crippen LogP contribution is -1.97. The molecule has 0 aliphatic heterocycles. The molecule has 0 fully saturated rings. The van der Waals surface area contributed by atoms with E-state index in [0.29, 0.717) is 24.3 Å². The monoisotopic (exact) mass is 378 g/mol. The van der Waals surface area contributed by atoms with Crippen LogP contribution in [0.3, 0.4) is 0 Å². The van der Waals surface area contributed by atoms with Gasteiger partial charge >= 0.3 is 0 Å². The zero-order valence-corrected chi connectivity index (χ0v) is 12.8. The van der Waals surface area contributed by atoms with Gasteiger partial charge in [0.05, 0.1) is 44.0 Å². The van der Waals surface area contributed by atoms with Gasteiger partial charge in [0.15, 0.2) is 0 Å². The molecule has 27 heavy (non-hydrogen) atoms. The lowest BCUT2D eigenvalue weighted by atomic mass is 10.2. The molecule has 138 valence electrons. The van der Waals surface area contributed by atoms with Crippen LogP contribution in [0, 0.1) is 45.7 Å². The van der Waals surface area contributed by atoms with Gasteiger partial charge in [0.2, 0.25) is 0 Å². The molecule has 0 aliphatic rings. The highest BCUT2D eigenvalue weighted by molar-refractivity contribution is 5.56. The summed E-state index contributed by atoms with van der Waals surface area (Å²) in [5, 5.41) is 58.7. The highest BCUT2D eigenvalue weighted by atomic mass is 16.6. The van der Waals surface area contributed by atoms with Crippen molar-refractivity contribution in [2.45, 2.75) is 0 Å². The van der Waals surface area contributed by atoms with Gasteiger partial charge in [-0.15, -0.1) is 0 Å². The molecule has 0 atom stereocenters. The third-order valence-electron chi connectivity index (χ3n) is 3.05. The number of benzene rings is 2. The van der Waals surface area contributed by atoms with Crippen LogP contribution in [0.2, 0.25) is 0 Å². The van der Waals surface area contributed by atoms with Gasteiger partial charge in [-0.05, 0) is 4.86 Å². The first-order valence-electron chi connectivity index (χ1n) is 6.65. The summed E-state index contributed by atoms with van der Waals surface area (Å²) >= 11 is 0. The standard InChI is InChI=1S/C12H6N6O9/c19-14(8-3-11(17(24)25)6-12(4-8)18(26)27)13-7-1-9(15(20)21)5-10(2-7)16(22)23/h1-6H. The van der Waals surface area contributed by atoms with Crippen LogP contribution in [-0.2, 0) is 0 Å². The quantitative estimate of drug-likeness (QED) is 0.312. The van der Waals surface area contributed by atoms with Crippen LogP contribution < -0.4 is 0 Å². The second-order valence-electron chi connectivity index (χ2n) is 4.82. The van der Waals surface area contributed by atoms with Crippen molar-refractivity contribution in [3.63, 3.8) is 0 Å². The number of azo groups is 1. The minimum atomic E-state index is -0.970. The number of non-ortho nitro benzene ring substituents is 4. The molecule has 0 unspecified atom stereocenters. The molecule has 0 heterocycles. The van der Waals surface area contributed by atoms with E-state index in [1.165, 1.54) is 0 Å². The SMILES string of the molecule is O=[N+]([O-])c1cc(N=[N+]([O-])c2cc([N+](=O)[O-])cc([N+](=O)[O-])c2)cc([N+](=O)[O-])c1. The number of rotatable bonds is 6. The minimum absolute atomic E-state index is 0.275. The van der Waals surface area contributed by atoms with E-state index in [9.17, 15) is 45.7 Å². The van der Waals surface area contributed by atoms with Crippen LogP contribution in [0.5, 0.6) is 0 Å². The third-order valence-corrected chi connectivity index (χ3v) is 3.05.